The van der Waals surface area contributed by atoms with Gasteiger partial charge in [-0.15, -0.1) is 24.0 Å². The van der Waals surface area contributed by atoms with Crippen LogP contribution in [0.2, 0.25) is 5.02 Å². The van der Waals surface area contributed by atoms with E-state index >= 15 is 0 Å². The molecule has 0 aromatic carbocycles. The van der Waals surface area contributed by atoms with Gasteiger partial charge in [0, 0.05) is 44.5 Å². The molecular weight excluding hydrogens is 479 g/mol. The number of aromatic nitrogens is 2. The number of hydrogen-bond acceptors (Lipinski definition) is 5. The normalized spacial score (nSPS) is 17.0. The summed E-state index contributed by atoms with van der Waals surface area (Å²) in [6.07, 6.45) is 3.64. The molecule has 2 aromatic heterocycles. The van der Waals surface area contributed by atoms with E-state index < -0.39 is 0 Å². The third-order valence-electron chi connectivity index (χ3n) is 4.64. The molecule has 1 fully saturated rings. The lowest BCUT2D eigenvalue weighted by atomic mass is 10.1. The molecule has 0 saturated carbocycles. The summed E-state index contributed by atoms with van der Waals surface area (Å²) >= 11 is 6.25. The summed E-state index contributed by atoms with van der Waals surface area (Å²) in [6, 6.07) is 4.03. The minimum Gasteiger partial charge on any atom is -0.361 e. The summed E-state index contributed by atoms with van der Waals surface area (Å²) in [5, 5.41) is 11.5. The summed E-state index contributed by atoms with van der Waals surface area (Å²) in [5.74, 6) is 2.53. The number of hydrogen-bond donors (Lipinski definition) is 2. The molecule has 0 spiro atoms. The van der Waals surface area contributed by atoms with Gasteiger partial charge in [-0.3, -0.25) is 4.99 Å². The van der Waals surface area contributed by atoms with Crippen molar-refractivity contribution in [1.82, 2.24) is 20.8 Å². The van der Waals surface area contributed by atoms with Crippen molar-refractivity contribution in [1.29, 1.82) is 0 Å². The molecule has 2 N–H and O–H groups in total. The maximum absolute atomic E-state index is 6.25. The molecule has 27 heavy (non-hydrogen) atoms. The van der Waals surface area contributed by atoms with E-state index in [2.05, 4.69) is 30.7 Å². The third-order valence-corrected chi connectivity index (χ3v) is 4.93. The van der Waals surface area contributed by atoms with Crippen LogP contribution in [0.25, 0.3) is 0 Å². The number of guanidine groups is 1. The second-order valence-electron chi connectivity index (χ2n) is 6.44. The topological polar surface area (TPSA) is 78.6 Å². The van der Waals surface area contributed by atoms with Crippen LogP contribution in [-0.4, -0.2) is 48.8 Å². The lowest BCUT2D eigenvalue weighted by Crippen LogP contribution is -2.45. The highest BCUT2D eigenvalue weighted by Gasteiger charge is 2.25. The van der Waals surface area contributed by atoms with Gasteiger partial charge in [0.15, 0.2) is 5.96 Å². The van der Waals surface area contributed by atoms with Gasteiger partial charge in [0.2, 0.25) is 0 Å². The number of nitrogens with one attached hydrogen (secondary N) is 2. The van der Waals surface area contributed by atoms with Gasteiger partial charge in [-0.05, 0) is 38.8 Å². The molecule has 3 rings (SSSR count). The number of aryl methyl sites for hydroxylation is 2. The van der Waals surface area contributed by atoms with Crippen molar-refractivity contribution in [3.05, 3.63) is 40.4 Å². The van der Waals surface area contributed by atoms with Gasteiger partial charge < -0.3 is 20.1 Å². The molecule has 2 aromatic rings. The largest absolute Gasteiger partial charge is 0.361 e. The maximum Gasteiger partial charge on any atom is 0.191 e. The first kappa shape index (κ1) is 21.7. The lowest BCUT2D eigenvalue weighted by Gasteiger charge is -2.20. The molecule has 1 unspecified atom stereocenters. The van der Waals surface area contributed by atoms with Crippen LogP contribution in [0.5, 0.6) is 0 Å². The SMILES string of the molecule is CN=C(NCCc1c(C)noc1C)NC1CCN(c2ncccc2Cl)C1.I. The quantitative estimate of drug-likeness (QED) is 0.370. The number of nitrogens with zero attached hydrogens (tertiary/aromatic N) is 4. The monoisotopic (exact) mass is 504 g/mol. The third kappa shape index (κ3) is 5.47. The molecular formula is C18H26ClIN6O. The second-order valence-corrected chi connectivity index (χ2v) is 6.84. The van der Waals surface area contributed by atoms with Crippen LogP contribution in [0.15, 0.2) is 27.8 Å². The van der Waals surface area contributed by atoms with Crippen LogP contribution in [-0.2, 0) is 6.42 Å². The fourth-order valence-corrected chi connectivity index (χ4v) is 3.47. The molecule has 9 heteroatoms. The van der Waals surface area contributed by atoms with E-state index in [-0.39, 0.29) is 24.0 Å². The van der Waals surface area contributed by atoms with Gasteiger partial charge in [-0.1, -0.05) is 16.8 Å². The first-order chi connectivity index (χ1) is 12.6. The second kappa shape index (κ2) is 10.1. The molecule has 0 bridgehead atoms. The van der Waals surface area contributed by atoms with Gasteiger partial charge in [0.1, 0.15) is 11.6 Å². The van der Waals surface area contributed by atoms with E-state index in [1.165, 1.54) is 0 Å². The molecule has 1 aliphatic rings. The predicted molar refractivity (Wildman–Crippen MR) is 119 cm³/mol. The van der Waals surface area contributed by atoms with Crippen molar-refractivity contribution in [3.63, 3.8) is 0 Å². The van der Waals surface area contributed by atoms with Crippen molar-refractivity contribution < 1.29 is 4.52 Å². The Balaban J connectivity index is 0.00000261. The van der Waals surface area contributed by atoms with E-state index in [0.717, 1.165) is 61.3 Å². The maximum atomic E-state index is 6.25. The van der Waals surface area contributed by atoms with Gasteiger partial charge >= 0.3 is 0 Å². The molecule has 7 nitrogen and oxygen atoms in total. The van der Waals surface area contributed by atoms with E-state index in [0.29, 0.717) is 11.1 Å². The first-order valence-electron chi connectivity index (χ1n) is 8.83. The minimum absolute atomic E-state index is 0. The number of anilines is 1. The predicted octanol–water partition coefficient (Wildman–Crippen LogP) is 2.94. The number of aliphatic imine (C=N–C) groups is 1. The van der Waals surface area contributed by atoms with Crippen molar-refractivity contribution in [3.8, 4) is 0 Å². The minimum atomic E-state index is 0. The summed E-state index contributed by atoms with van der Waals surface area (Å²) < 4.78 is 5.20. The number of rotatable bonds is 5. The molecule has 0 aliphatic carbocycles. The van der Waals surface area contributed by atoms with Crippen LogP contribution >= 0.6 is 35.6 Å². The Labute approximate surface area is 182 Å². The fraction of sp³-hybridized carbons (Fsp3) is 0.500. The van der Waals surface area contributed by atoms with Crippen molar-refractivity contribution in [2.24, 2.45) is 4.99 Å². The van der Waals surface area contributed by atoms with E-state index in [1.54, 1.807) is 13.2 Å². The van der Waals surface area contributed by atoms with Crippen molar-refractivity contribution >= 4 is 47.4 Å². The van der Waals surface area contributed by atoms with Gasteiger partial charge in [0.05, 0.1) is 10.7 Å². The Morgan fingerprint density at radius 1 is 1.44 bits per heavy atom. The Bertz CT molecular complexity index is 761. The van der Waals surface area contributed by atoms with Crippen LogP contribution in [0.3, 0.4) is 0 Å². The Morgan fingerprint density at radius 3 is 2.93 bits per heavy atom. The zero-order valence-electron chi connectivity index (χ0n) is 15.8. The highest BCUT2D eigenvalue weighted by atomic mass is 127. The van der Waals surface area contributed by atoms with Crippen molar-refractivity contribution in [2.45, 2.75) is 32.7 Å². The zero-order chi connectivity index (χ0) is 18.5. The van der Waals surface area contributed by atoms with Crippen molar-refractivity contribution in [2.75, 3.05) is 31.6 Å². The van der Waals surface area contributed by atoms with Crippen LogP contribution in [0, 0.1) is 13.8 Å². The van der Waals surface area contributed by atoms with E-state index in [1.807, 2.05) is 26.0 Å². The fourth-order valence-electron chi connectivity index (χ4n) is 3.23. The summed E-state index contributed by atoms with van der Waals surface area (Å²) in [7, 11) is 1.79. The van der Waals surface area contributed by atoms with E-state index in [9.17, 15) is 0 Å². The molecule has 1 aliphatic heterocycles. The number of pyridine rings is 1. The first-order valence-corrected chi connectivity index (χ1v) is 9.20. The van der Waals surface area contributed by atoms with Gasteiger partial charge in [-0.25, -0.2) is 4.98 Å². The summed E-state index contributed by atoms with van der Waals surface area (Å²) in [5.41, 5.74) is 2.11. The number of halogens is 2. The highest BCUT2D eigenvalue weighted by molar-refractivity contribution is 14.0. The van der Waals surface area contributed by atoms with Crippen LogP contribution in [0.1, 0.15) is 23.4 Å². The lowest BCUT2D eigenvalue weighted by molar-refractivity contribution is 0.392. The molecule has 3 heterocycles. The Kier molecular flexibility index (Phi) is 8.15. The standard InChI is InChI=1S/C18H25ClN6O.HI/c1-12-15(13(2)26-24-12)6-9-22-18(20-3)23-14-7-10-25(11-14)17-16(19)5-4-8-21-17;/h4-5,8,14H,6-7,9-11H2,1-3H3,(H2,20,22,23);1H. The summed E-state index contributed by atoms with van der Waals surface area (Å²) in [6.45, 7) is 6.45. The molecule has 1 atom stereocenters. The van der Waals surface area contributed by atoms with Gasteiger partial charge in [0.25, 0.3) is 0 Å². The van der Waals surface area contributed by atoms with E-state index in [4.69, 9.17) is 16.1 Å². The molecule has 0 amide bonds. The average molecular weight is 505 g/mol. The Morgan fingerprint density at radius 2 is 2.26 bits per heavy atom. The average Bonchev–Trinajstić information content (AvgIpc) is 3.22. The smallest absolute Gasteiger partial charge is 0.191 e. The molecule has 0 radical (unpaired) electrons. The Hall–Kier alpha value is -1.55. The highest BCUT2D eigenvalue weighted by Crippen LogP contribution is 2.25. The molecule has 148 valence electrons. The van der Waals surface area contributed by atoms with Crippen LogP contribution in [0.4, 0.5) is 5.82 Å². The zero-order valence-corrected chi connectivity index (χ0v) is 18.9. The summed E-state index contributed by atoms with van der Waals surface area (Å²) in [4.78, 5) is 10.9. The van der Waals surface area contributed by atoms with Crippen LogP contribution < -0.4 is 15.5 Å². The van der Waals surface area contributed by atoms with Gasteiger partial charge in [-0.2, -0.15) is 0 Å². The molecule has 1 saturated heterocycles.